The number of rotatable bonds is 2. The van der Waals surface area contributed by atoms with Crippen LogP contribution in [0.15, 0.2) is 12.1 Å². The molecule has 2 heteroatoms. The van der Waals surface area contributed by atoms with Gasteiger partial charge in [0.15, 0.2) is 0 Å². The van der Waals surface area contributed by atoms with Gasteiger partial charge in [-0.3, -0.25) is 0 Å². The van der Waals surface area contributed by atoms with Crippen LogP contribution in [0.5, 0.6) is 5.75 Å². The van der Waals surface area contributed by atoms with Gasteiger partial charge in [0.2, 0.25) is 0 Å². The summed E-state index contributed by atoms with van der Waals surface area (Å²) in [6.45, 7) is 10.9. The van der Waals surface area contributed by atoms with E-state index in [2.05, 4.69) is 40.7 Å². The molecule has 0 atom stereocenters. The zero-order valence-electron chi connectivity index (χ0n) is 11.2. The van der Waals surface area contributed by atoms with Crippen LogP contribution in [0.4, 0.5) is 5.69 Å². The van der Waals surface area contributed by atoms with E-state index >= 15 is 0 Å². The van der Waals surface area contributed by atoms with Crippen molar-refractivity contribution in [3.63, 3.8) is 0 Å². The largest absolute Gasteiger partial charge is 0.494 e. The molecule has 0 unspecified atom stereocenters. The highest BCUT2D eigenvalue weighted by molar-refractivity contribution is 5.60. The van der Waals surface area contributed by atoms with Crippen LogP contribution in [0.3, 0.4) is 0 Å². The monoisotopic (exact) mass is 221 g/mol. The summed E-state index contributed by atoms with van der Waals surface area (Å²) in [6, 6.07) is 4.23. The molecule has 0 aliphatic carbocycles. The number of nitrogen functional groups attached to an aromatic ring is 1. The van der Waals surface area contributed by atoms with E-state index < -0.39 is 0 Å². The van der Waals surface area contributed by atoms with Crippen LogP contribution in [0.25, 0.3) is 0 Å². The lowest BCUT2D eigenvalue weighted by atomic mass is 9.84. The molecule has 0 saturated carbocycles. The van der Waals surface area contributed by atoms with Gasteiger partial charge in [0.1, 0.15) is 5.75 Å². The lowest BCUT2D eigenvalue weighted by molar-refractivity contribution is 0.409. The summed E-state index contributed by atoms with van der Waals surface area (Å²) in [5, 5.41) is 0. The number of benzene rings is 1. The summed E-state index contributed by atoms with van der Waals surface area (Å²) in [4.78, 5) is 0. The Morgan fingerprint density at radius 3 is 2.12 bits per heavy atom. The lowest BCUT2D eigenvalue weighted by Gasteiger charge is -2.23. The molecule has 0 radical (unpaired) electrons. The second kappa shape index (κ2) is 4.36. The Bertz CT molecular complexity index is 375. The molecule has 16 heavy (non-hydrogen) atoms. The molecule has 0 heterocycles. The summed E-state index contributed by atoms with van der Waals surface area (Å²) >= 11 is 0. The molecule has 0 aromatic heterocycles. The van der Waals surface area contributed by atoms with Crippen LogP contribution in [0.2, 0.25) is 0 Å². The Hall–Kier alpha value is -1.18. The van der Waals surface area contributed by atoms with Crippen molar-refractivity contribution in [2.45, 2.75) is 46.0 Å². The smallest absolute Gasteiger partial charge is 0.145 e. The van der Waals surface area contributed by atoms with E-state index in [4.69, 9.17) is 10.5 Å². The van der Waals surface area contributed by atoms with Gasteiger partial charge >= 0.3 is 0 Å². The zero-order valence-corrected chi connectivity index (χ0v) is 11.2. The van der Waals surface area contributed by atoms with Crippen molar-refractivity contribution < 1.29 is 4.74 Å². The number of ether oxygens (including phenoxy) is 1. The van der Waals surface area contributed by atoms with E-state index in [0.717, 1.165) is 11.4 Å². The third kappa shape index (κ3) is 2.49. The highest BCUT2D eigenvalue weighted by Gasteiger charge is 2.19. The molecular formula is C14H23NO. The van der Waals surface area contributed by atoms with E-state index in [0.29, 0.717) is 5.92 Å². The van der Waals surface area contributed by atoms with Gasteiger partial charge in [-0.05, 0) is 28.5 Å². The molecular weight excluding hydrogens is 198 g/mol. The standard InChI is InChI=1S/C14H23NO/c1-9(2)11-7-10(14(3,4)5)8-12(15)13(11)16-6/h7-9H,15H2,1-6H3. The Kier molecular flexibility index (Phi) is 3.51. The average molecular weight is 221 g/mol. The van der Waals surface area contributed by atoms with Gasteiger partial charge in [0, 0.05) is 0 Å². The van der Waals surface area contributed by atoms with Crippen LogP contribution in [-0.2, 0) is 5.41 Å². The molecule has 0 spiro atoms. The van der Waals surface area contributed by atoms with Gasteiger partial charge < -0.3 is 10.5 Å². The van der Waals surface area contributed by atoms with E-state index in [1.165, 1.54) is 11.1 Å². The maximum absolute atomic E-state index is 6.04. The average Bonchev–Trinajstić information content (AvgIpc) is 2.14. The van der Waals surface area contributed by atoms with Gasteiger partial charge in [-0.2, -0.15) is 0 Å². The SMILES string of the molecule is COc1c(N)cc(C(C)(C)C)cc1C(C)C. The van der Waals surface area contributed by atoms with Gasteiger partial charge in [-0.25, -0.2) is 0 Å². The number of hydrogen-bond donors (Lipinski definition) is 1. The quantitative estimate of drug-likeness (QED) is 0.773. The molecule has 0 amide bonds. The topological polar surface area (TPSA) is 35.2 Å². The van der Waals surface area contributed by atoms with Crippen LogP contribution in [0, 0.1) is 0 Å². The maximum Gasteiger partial charge on any atom is 0.145 e. The van der Waals surface area contributed by atoms with Crippen LogP contribution < -0.4 is 10.5 Å². The molecule has 0 aliphatic heterocycles. The molecule has 0 aliphatic rings. The molecule has 2 nitrogen and oxygen atoms in total. The number of hydrogen-bond acceptors (Lipinski definition) is 2. The van der Waals surface area contributed by atoms with Crippen molar-refractivity contribution in [3.8, 4) is 5.75 Å². The summed E-state index contributed by atoms with van der Waals surface area (Å²) in [5.74, 6) is 1.24. The third-order valence-corrected chi connectivity index (χ3v) is 2.84. The summed E-state index contributed by atoms with van der Waals surface area (Å²) < 4.78 is 5.38. The van der Waals surface area contributed by atoms with Gasteiger partial charge in [-0.15, -0.1) is 0 Å². The fraction of sp³-hybridized carbons (Fsp3) is 0.571. The van der Waals surface area contributed by atoms with Crippen molar-refractivity contribution in [2.75, 3.05) is 12.8 Å². The first-order valence-electron chi connectivity index (χ1n) is 5.75. The van der Waals surface area contributed by atoms with Crippen molar-refractivity contribution in [3.05, 3.63) is 23.3 Å². The van der Waals surface area contributed by atoms with Crippen LogP contribution >= 0.6 is 0 Å². The number of anilines is 1. The fourth-order valence-electron chi connectivity index (χ4n) is 1.77. The molecule has 0 fully saturated rings. The van der Waals surface area contributed by atoms with Gasteiger partial charge in [-0.1, -0.05) is 40.7 Å². The Balaban J connectivity index is 3.40. The second-order valence-corrected chi connectivity index (χ2v) is 5.59. The predicted octanol–water partition coefficient (Wildman–Crippen LogP) is 3.70. The minimum Gasteiger partial charge on any atom is -0.494 e. The predicted molar refractivity (Wildman–Crippen MR) is 70.2 cm³/mol. The molecule has 1 rings (SSSR count). The number of nitrogens with two attached hydrogens (primary N) is 1. The normalized spacial score (nSPS) is 11.9. The molecule has 0 bridgehead atoms. The van der Waals surface area contributed by atoms with Crippen LogP contribution in [0.1, 0.15) is 51.7 Å². The van der Waals surface area contributed by atoms with E-state index in [9.17, 15) is 0 Å². The zero-order chi connectivity index (χ0) is 12.5. The lowest BCUT2D eigenvalue weighted by Crippen LogP contribution is -2.13. The molecule has 2 N–H and O–H groups in total. The van der Waals surface area contributed by atoms with E-state index in [-0.39, 0.29) is 5.41 Å². The van der Waals surface area contributed by atoms with Crippen molar-refractivity contribution >= 4 is 5.69 Å². The fourth-order valence-corrected chi connectivity index (χ4v) is 1.77. The molecule has 1 aromatic rings. The highest BCUT2D eigenvalue weighted by atomic mass is 16.5. The first-order chi connectivity index (χ1) is 7.27. The van der Waals surface area contributed by atoms with Gasteiger partial charge in [0.05, 0.1) is 12.8 Å². The summed E-state index contributed by atoms with van der Waals surface area (Å²) in [6.07, 6.45) is 0. The summed E-state index contributed by atoms with van der Waals surface area (Å²) in [7, 11) is 1.67. The number of methoxy groups -OCH3 is 1. The van der Waals surface area contributed by atoms with E-state index in [1.807, 2.05) is 6.07 Å². The minimum absolute atomic E-state index is 0.115. The Morgan fingerprint density at radius 1 is 1.19 bits per heavy atom. The minimum atomic E-state index is 0.115. The van der Waals surface area contributed by atoms with E-state index in [1.54, 1.807) is 7.11 Å². The maximum atomic E-state index is 6.04. The highest BCUT2D eigenvalue weighted by Crippen LogP contribution is 2.36. The van der Waals surface area contributed by atoms with Crippen molar-refractivity contribution in [1.82, 2.24) is 0 Å². The third-order valence-electron chi connectivity index (χ3n) is 2.84. The molecule has 0 saturated heterocycles. The van der Waals surface area contributed by atoms with Gasteiger partial charge in [0.25, 0.3) is 0 Å². The van der Waals surface area contributed by atoms with Crippen LogP contribution in [-0.4, -0.2) is 7.11 Å². The first-order valence-corrected chi connectivity index (χ1v) is 5.75. The first kappa shape index (κ1) is 12.9. The van der Waals surface area contributed by atoms with Crippen molar-refractivity contribution in [2.24, 2.45) is 0 Å². The second-order valence-electron chi connectivity index (χ2n) is 5.59. The molecule has 90 valence electrons. The Labute approximate surface area is 98.8 Å². The Morgan fingerprint density at radius 2 is 1.75 bits per heavy atom. The summed E-state index contributed by atoms with van der Waals surface area (Å²) in [5.41, 5.74) is 9.34. The molecule has 1 aromatic carbocycles. The van der Waals surface area contributed by atoms with Crippen molar-refractivity contribution in [1.29, 1.82) is 0 Å².